The summed E-state index contributed by atoms with van der Waals surface area (Å²) >= 11 is 5.83. The van der Waals surface area contributed by atoms with Gasteiger partial charge in [0.05, 0.1) is 6.20 Å². The number of nitrogens with one attached hydrogen (secondary N) is 1. The maximum absolute atomic E-state index is 5.83. The fourth-order valence-corrected chi connectivity index (χ4v) is 2.36. The van der Waals surface area contributed by atoms with Gasteiger partial charge in [0.1, 0.15) is 11.0 Å². The average molecular weight is 228 g/mol. The van der Waals surface area contributed by atoms with Crippen molar-refractivity contribution in [3.05, 3.63) is 17.2 Å². The van der Waals surface area contributed by atoms with Crippen LogP contribution in [0.2, 0.25) is 5.15 Å². The molecule has 1 fully saturated rings. The van der Waals surface area contributed by atoms with E-state index in [0.717, 1.165) is 5.82 Å². The van der Waals surface area contributed by atoms with Crippen molar-refractivity contribution < 1.29 is 0 Å². The molecule has 4 heteroatoms. The molecule has 1 N–H and O–H groups in total. The molecular weight excluding hydrogens is 210 g/mol. The van der Waals surface area contributed by atoms with Crippen molar-refractivity contribution in [3.8, 4) is 0 Å². The lowest BCUT2D eigenvalue weighted by Gasteiger charge is -2.33. The fourth-order valence-electron chi connectivity index (χ4n) is 2.21. The summed E-state index contributed by atoms with van der Waals surface area (Å²) in [6.07, 6.45) is 4.07. The van der Waals surface area contributed by atoms with Gasteiger partial charge in [-0.15, -0.1) is 0 Å². The van der Waals surface area contributed by atoms with Crippen LogP contribution in [-0.4, -0.2) is 34.0 Å². The topological polar surface area (TPSA) is 31.9 Å². The van der Waals surface area contributed by atoms with Gasteiger partial charge in [-0.1, -0.05) is 11.6 Å². The number of piperidine rings is 1. The molecular formula is C11H18ClN3. The SMILES string of the molecule is CC(C)N1CCC(c2ncc(Cl)[nH]2)CC1. The summed E-state index contributed by atoms with van der Waals surface area (Å²) in [6, 6.07) is 0.658. The van der Waals surface area contributed by atoms with Crippen molar-refractivity contribution >= 4 is 11.6 Å². The predicted octanol–water partition coefficient (Wildman–Crippen LogP) is 2.65. The van der Waals surface area contributed by atoms with Crippen LogP contribution in [0.25, 0.3) is 0 Å². The number of halogens is 1. The van der Waals surface area contributed by atoms with E-state index in [1.165, 1.54) is 25.9 Å². The Morgan fingerprint density at radius 2 is 2.13 bits per heavy atom. The van der Waals surface area contributed by atoms with Crippen LogP contribution in [-0.2, 0) is 0 Å². The predicted molar refractivity (Wildman–Crippen MR) is 62.3 cm³/mol. The second-order valence-electron chi connectivity index (χ2n) is 4.52. The van der Waals surface area contributed by atoms with Crippen molar-refractivity contribution in [2.24, 2.45) is 0 Å². The minimum atomic E-state index is 0.562. The van der Waals surface area contributed by atoms with Gasteiger partial charge in [-0.3, -0.25) is 0 Å². The summed E-state index contributed by atoms with van der Waals surface area (Å²) in [5.41, 5.74) is 0. The summed E-state index contributed by atoms with van der Waals surface area (Å²) in [7, 11) is 0. The second kappa shape index (κ2) is 4.54. The van der Waals surface area contributed by atoms with E-state index in [-0.39, 0.29) is 0 Å². The lowest BCUT2D eigenvalue weighted by Crippen LogP contribution is -2.38. The average Bonchev–Trinajstić information content (AvgIpc) is 2.65. The van der Waals surface area contributed by atoms with Crippen molar-refractivity contribution in [3.63, 3.8) is 0 Å². The van der Waals surface area contributed by atoms with Gasteiger partial charge in [0.15, 0.2) is 0 Å². The highest BCUT2D eigenvalue weighted by Gasteiger charge is 2.23. The lowest BCUT2D eigenvalue weighted by atomic mass is 9.95. The van der Waals surface area contributed by atoms with E-state index in [1.54, 1.807) is 6.20 Å². The van der Waals surface area contributed by atoms with Crippen LogP contribution in [0.3, 0.4) is 0 Å². The second-order valence-corrected chi connectivity index (χ2v) is 4.93. The molecule has 0 atom stereocenters. The smallest absolute Gasteiger partial charge is 0.126 e. The van der Waals surface area contributed by atoms with Crippen LogP contribution < -0.4 is 0 Å². The normalized spacial score (nSPS) is 20.0. The molecule has 84 valence electrons. The van der Waals surface area contributed by atoms with E-state index in [4.69, 9.17) is 11.6 Å². The minimum Gasteiger partial charge on any atom is -0.333 e. The molecule has 0 amide bonds. The molecule has 0 saturated carbocycles. The highest BCUT2D eigenvalue weighted by molar-refractivity contribution is 6.29. The fraction of sp³-hybridized carbons (Fsp3) is 0.727. The minimum absolute atomic E-state index is 0.562. The molecule has 0 radical (unpaired) electrons. The van der Waals surface area contributed by atoms with Crippen molar-refractivity contribution in [1.82, 2.24) is 14.9 Å². The number of aromatic amines is 1. The molecule has 3 nitrogen and oxygen atoms in total. The number of hydrogen-bond donors (Lipinski definition) is 1. The molecule has 15 heavy (non-hydrogen) atoms. The number of imidazole rings is 1. The van der Waals surface area contributed by atoms with E-state index < -0.39 is 0 Å². The van der Waals surface area contributed by atoms with Gasteiger partial charge in [0, 0.05) is 12.0 Å². The Kier molecular flexibility index (Phi) is 3.32. The van der Waals surface area contributed by atoms with Crippen molar-refractivity contribution in [1.29, 1.82) is 0 Å². The first kappa shape index (κ1) is 11.0. The molecule has 0 bridgehead atoms. The van der Waals surface area contributed by atoms with Gasteiger partial charge in [0.25, 0.3) is 0 Å². The van der Waals surface area contributed by atoms with Crippen LogP contribution in [0.1, 0.15) is 38.4 Å². The highest BCUT2D eigenvalue weighted by atomic mass is 35.5. The molecule has 0 aromatic carbocycles. The van der Waals surface area contributed by atoms with E-state index >= 15 is 0 Å². The Labute approximate surface area is 95.8 Å². The highest BCUT2D eigenvalue weighted by Crippen LogP contribution is 2.27. The van der Waals surface area contributed by atoms with Crippen LogP contribution in [0.4, 0.5) is 0 Å². The van der Waals surface area contributed by atoms with E-state index in [1.807, 2.05) is 0 Å². The summed E-state index contributed by atoms with van der Waals surface area (Å²) in [5.74, 6) is 1.62. The first-order valence-electron chi connectivity index (χ1n) is 5.61. The van der Waals surface area contributed by atoms with Crippen molar-refractivity contribution in [2.45, 2.75) is 38.6 Å². The van der Waals surface area contributed by atoms with Gasteiger partial charge in [-0.05, 0) is 39.8 Å². The maximum atomic E-state index is 5.83. The number of H-pyrrole nitrogens is 1. The summed E-state index contributed by atoms with van der Waals surface area (Å²) < 4.78 is 0. The zero-order valence-corrected chi connectivity index (χ0v) is 10.1. The van der Waals surface area contributed by atoms with E-state index in [9.17, 15) is 0 Å². The molecule has 1 aromatic rings. The number of nitrogens with zero attached hydrogens (tertiary/aromatic N) is 2. The third kappa shape index (κ3) is 2.52. The van der Waals surface area contributed by atoms with Crippen LogP contribution in [0.15, 0.2) is 6.20 Å². The molecule has 2 rings (SSSR count). The Hall–Kier alpha value is -0.540. The van der Waals surface area contributed by atoms with E-state index in [2.05, 4.69) is 28.7 Å². The van der Waals surface area contributed by atoms with Gasteiger partial charge in [-0.2, -0.15) is 0 Å². The van der Waals surface area contributed by atoms with E-state index in [0.29, 0.717) is 17.1 Å². The van der Waals surface area contributed by atoms with Crippen LogP contribution >= 0.6 is 11.6 Å². The molecule has 1 aromatic heterocycles. The van der Waals surface area contributed by atoms with Gasteiger partial charge in [0.2, 0.25) is 0 Å². The molecule has 0 unspecified atom stereocenters. The number of hydrogen-bond acceptors (Lipinski definition) is 2. The Morgan fingerprint density at radius 1 is 1.47 bits per heavy atom. The quantitative estimate of drug-likeness (QED) is 0.843. The molecule has 0 aliphatic carbocycles. The van der Waals surface area contributed by atoms with Crippen LogP contribution in [0, 0.1) is 0 Å². The summed E-state index contributed by atoms with van der Waals surface area (Å²) in [4.78, 5) is 9.94. The Morgan fingerprint density at radius 3 is 2.60 bits per heavy atom. The molecule has 1 saturated heterocycles. The largest absolute Gasteiger partial charge is 0.333 e. The third-order valence-electron chi connectivity index (χ3n) is 3.21. The lowest BCUT2D eigenvalue weighted by molar-refractivity contribution is 0.170. The third-order valence-corrected chi connectivity index (χ3v) is 3.40. The zero-order valence-electron chi connectivity index (χ0n) is 9.33. The Balaban J connectivity index is 1.93. The molecule has 2 heterocycles. The molecule has 0 spiro atoms. The standard InChI is InChI=1S/C11H18ClN3/c1-8(2)15-5-3-9(4-6-15)11-13-7-10(12)14-11/h7-9H,3-6H2,1-2H3,(H,13,14). The Bertz CT molecular complexity index is 313. The first-order valence-corrected chi connectivity index (χ1v) is 5.99. The zero-order chi connectivity index (χ0) is 10.8. The van der Waals surface area contributed by atoms with Gasteiger partial charge < -0.3 is 9.88 Å². The summed E-state index contributed by atoms with van der Waals surface area (Å²) in [5, 5.41) is 0.649. The maximum Gasteiger partial charge on any atom is 0.126 e. The first-order chi connectivity index (χ1) is 7.16. The van der Waals surface area contributed by atoms with Gasteiger partial charge >= 0.3 is 0 Å². The van der Waals surface area contributed by atoms with Gasteiger partial charge in [-0.25, -0.2) is 4.98 Å². The molecule has 1 aliphatic rings. The number of aromatic nitrogens is 2. The van der Waals surface area contributed by atoms with Crippen molar-refractivity contribution in [2.75, 3.05) is 13.1 Å². The van der Waals surface area contributed by atoms with Crippen LogP contribution in [0.5, 0.6) is 0 Å². The molecule has 1 aliphatic heterocycles. The number of rotatable bonds is 2. The monoisotopic (exact) mass is 227 g/mol. The summed E-state index contributed by atoms with van der Waals surface area (Å²) in [6.45, 7) is 6.84. The number of likely N-dealkylation sites (tertiary alicyclic amines) is 1.